The van der Waals surface area contributed by atoms with E-state index in [4.69, 9.17) is 5.73 Å². The van der Waals surface area contributed by atoms with Crippen LogP contribution in [0.4, 0.5) is 0 Å². The molecule has 2 heterocycles. The van der Waals surface area contributed by atoms with Gasteiger partial charge in [-0.05, 0) is 51.9 Å². The highest BCUT2D eigenvalue weighted by Crippen LogP contribution is 2.16. The topological polar surface area (TPSA) is 49.6 Å². The van der Waals surface area contributed by atoms with Crippen LogP contribution in [0.3, 0.4) is 0 Å². The first-order valence-electron chi connectivity index (χ1n) is 7.00. The van der Waals surface area contributed by atoms with Gasteiger partial charge in [-0.1, -0.05) is 6.42 Å². The molecule has 1 amide bonds. The van der Waals surface area contributed by atoms with Crippen LogP contribution < -0.4 is 5.73 Å². The summed E-state index contributed by atoms with van der Waals surface area (Å²) in [5, 5.41) is 0. The Labute approximate surface area is 104 Å². The maximum absolute atomic E-state index is 11.1. The molecule has 2 saturated heterocycles. The van der Waals surface area contributed by atoms with Crippen LogP contribution in [-0.2, 0) is 4.79 Å². The van der Waals surface area contributed by atoms with E-state index in [-0.39, 0.29) is 11.8 Å². The van der Waals surface area contributed by atoms with Crippen LogP contribution in [0.5, 0.6) is 0 Å². The summed E-state index contributed by atoms with van der Waals surface area (Å²) in [7, 11) is 0. The van der Waals surface area contributed by atoms with Gasteiger partial charge in [-0.15, -0.1) is 0 Å². The highest BCUT2D eigenvalue weighted by Gasteiger charge is 2.23. The Morgan fingerprint density at radius 1 is 0.941 bits per heavy atom. The summed E-state index contributed by atoms with van der Waals surface area (Å²) in [6.45, 7) is 6.99. The van der Waals surface area contributed by atoms with Gasteiger partial charge < -0.3 is 15.5 Å². The highest BCUT2D eigenvalue weighted by molar-refractivity contribution is 5.76. The third kappa shape index (κ3) is 3.96. The van der Waals surface area contributed by atoms with Crippen LogP contribution in [0.2, 0.25) is 0 Å². The summed E-state index contributed by atoms with van der Waals surface area (Å²) in [4.78, 5) is 16.1. The van der Waals surface area contributed by atoms with Gasteiger partial charge >= 0.3 is 0 Å². The van der Waals surface area contributed by atoms with Gasteiger partial charge in [0.2, 0.25) is 5.91 Å². The van der Waals surface area contributed by atoms with Crippen molar-refractivity contribution in [2.24, 2.45) is 11.7 Å². The molecule has 4 nitrogen and oxygen atoms in total. The van der Waals surface area contributed by atoms with Crippen molar-refractivity contribution < 1.29 is 4.79 Å². The second-order valence-corrected chi connectivity index (χ2v) is 5.42. The molecule has 98 valence electrons. The molecule has 2 rings (SSSR count). The van der Waals surface area contributed by atoms with Crippen LogP contribution in [-0.4, -0.2) is 55.0 Å². The Hall–Kier alpha value is -0.610. The van der Waals surface area contributed by atoms with Crippen molar-refractivity contribution in [2.45, 2.75) is 32.1 Å². The molecule has 0 bridgehead atoms. The number of nitrogens with two attached hydrogens (primary N) is 1. The first-order chi connectivity index (χ1) is 8.25. The quantitative estimate of drug-likeness (QED) is 0.784. The molecule has 0 atom stereocenters. The molecular formula is C13H25N3O. The molecule has 2 fully saturated rings. The van der Waals surface area contributed by atoms with Crippen molar-refractivity contribution >= 4 is 5.91 Å². The van der Waals surface area contributed by atoms with Crippen LogP contribution in [0.1, 0.15) is 32.1 Å². The lowest BCUT2D eigenvalue weighted by atomic mass is 9.96. The van der Waals surface area contributed by atoms with Crippen molar-refractivity contribution in [3.05, 3.63) is 0 Å². The zero-order valence-electron chi connectivity index (χ0n) is 10.7. The van der Waals surface area contributed by atoms with E-state index in [0.717, 1.165) is 32.5 Å². The minimum atomic E-state index is -0.110. The zero-order valence-corrected chi connectivity index (χ0v) is 10.7. The van der Waals surface area contributed by atoms with Crippen molar-refractivity contribution in [1.29, 1.82) is 0 Å². The fraction of sp³-hybridized carbons (Fsp3) is 0.923. The lowest BCUT2D eigenvalue weighted by Crippen LogP contribution is -2.43. The number of carbonyl (C=O) groups excluding carboxylic acids is 1. The summed E-state index contributed by atoms with van der Waals surface area (Å²) in [5.74, 6) is 0.0157. The van der Waals surface area contributed by atoms with Crippen LogP contribution in [0, 0.1) is 5.92 Å². The van der Waals surface area contributed by atoms with E-state index in [1.807, 2.05) is 0 Å². The van der Waals surface area contributed by atoms with E-state index in [2.05, 4.69) is 9.80 Å². The molecule has 0 radical (unpaired) electrons. The molecule has 0 spiro atoms. The minimum absolute atomic E-state index is 0.110. The van der Waals surface area contributed by atoms with Gasteiger partial charge in [0.05, 0.1) is 0 Å². The summed E-state index contributed by atoms with van der Waals surface area (Å²) in [6, 6.07) is 0. The molecule has 0 aromatic rings. The fourth-order valence-corrected chi connectivity index (χ4v) is 2.91. The standard InChI is InChI=1S/C13H25N3O/c14-13(17)12-4-8-16(9-5-12)11-10-15-6-2-1-3-7-15/h12H,1-11H2,(H2,14,17). The highest BCUT2D eigenvalue weighted by atomic mass is 16.1. The van der Waals surface area contributed by atoms with Gasteiger partial charge in [0, 0.05) is 19.0 Å². The van der Waals surface area contributed by atoms with Crippen LogP contribution in [0.15, 0.2) is 0 Å². The molecule has 0 aliphatic carbocycles. The van der Waals surface area contributed by atoms with Gasteiger partial charge in [-0.25, -0.2) is 0 Å². The SMILES string of the molecule is NC(=O)C1CCN(CCN2CCCCC2)CC1. The van der Waals surface area contributed by atoms with Gasteiger partial charge in [0.1, 0.15) is 0 Å². The van der Waals surface area contributed by atoms with Gasteiger partial charge in [0.25, 0.3) is 0 Å². The van der Waals surface area contributed by atoms with Gasteiger partial charge in [0.15, 0.2) is 0 Å². The summed E-state index contributed by atoms with van der Waals surface area (Å²) < 4.78 is 0. The van der Waals surface area contributed by atoms with E-state index >= 15 is 0 Å². The Morgan fingerprint density at radius 3 is 2.00 bits per heavy atom. The molecule has 4 heteroatoms. The summed E-state index contributed by atoms with van der Waals surface area (Å²) in [5.41, 5.74) is 5.34. The molecule has 2 N–H and O–H groups in total. The third-order valence-corrected chi connectivity index (χ3v) is 4.17. The molecule has 0 saturated carbocycles. The largest absolute Gasteiger partial charge is 0.369 e. The number of likely N-dealkylation sites (tertiary alicyclic amines) is 2. The Bertz CT molecular complexity index is 243. The second kappa shape index (κ2) is 6.36. The number of amides is 1. The van der Waals surface area contributed by atoms with Crippen molar-refractivity contribution in [3.63, 3.8) is 0 Å². The molecule has 0 aromatic heterocycles. The van der Waals surface area contributed by atoms with Gasteiger partial charge in [-0.2, -0.15) is 0 Å². The number of rotatable bonds is 4. The molecular weight excluding hydrogens is 214 g/mol. The molecule has 17 heavy (non-hydrogen) atoms. The van der Waals surface area contributed by atoms with E-state index in [0.29, 0.717) is 0 Å². The fourth-order valence-electron chi connectivity index (χ4n) is 2.91. The number of piperidine rings is 2. The van der Waals surface area contributed by atoms with Crippen molar-refractivity contribution in [1.82, 2.24) is 9.80 Å². The Kier molecular flexibility index (Phi) is 4.80. The third-order valence-electron chi connectivity index (χ3n) is 4.17. The number of hydrogen-bond donors (Lipinski definition) is 1. The van der Waals surface area contributed by atoms with Crippen LogP contribution in [0.25, 0.3) is 0 Å². The Morgan fingerprint density at radius 2 is 1.47 bits per heavy atom. The average Bonchev–Trinajstić information content (AvgIpc) is 2.38. The number of nitrogens with zero attached hydrogens (tertiary/aromatic N) is 2. The summed E-state index contributed by atoms with van der Waals surface area (Å²) >= 11 is 0. The number of carbonyl (C=O) groups is 1. The molecule has 0 aromatic carbocycles. The first kappa shape index (κ1) is 12.8. The lowest BCUT2D eigenvalue weighted by Gasteiger charge is -2.33. The van der Waals surface area contributed by atoms with Gasteiger partial charge in [-0.3, -0.25) is 4.79 Å². The van der Waals surface area contributed by atoms with Crippen molar-refractivity contribution in [2.75, 3.05) is 39.3 Å². The second-order valence-electron chi connectivity index (χ2n) is 5.42. The van der Waals surface area contributed by atoms with Crippen molar-refractivity contribution in [3.8, 4) is 0 Å². The Balaban J connectivity index is 1.62. The van der Waals surface area contributed by atoms with E-state index < -0.39 is 0 Å². The smallest absolute Gasteiger partial charge is 0.220 e. The predicted octanol–water partition coefficient (Wildman–Crippen LogP) is 0.670. The molecule has 2 aliphatic heterocycles. The molecule has 0 unspecified atom stereocenters. The predicted molar refractivity (Wildman–Crippen MR) is 68.6 cm³/mol. The van der Waals surface area contributed by atoms with E-state index in [1.54, 1.807) is 0 Å². The normalized spacial score (nSPS) is 24.9. The summed E-state index contributed by atoms with van der Waals surface area (Å²) in [6.07, 6.45) is 6.04. The van der Waals surface area contributed by atoms with E-state index in [9.17, 15) is 4.79 Å². The maximum Gasteiger partial charge on any atom is 0.220 e. The lowest BCUT2D eigenvalue weighted by molar-refractivity contribution is -0.123. The average molecular weight is 239 g/mol. The zero-order chi connectivity index (χ0) is 12.1. The number of hydrogen-bond acceptors (Lipinski definition) is 3. The maximum atomic E-state index is 11.1. The van der Waals surface area contributed by atoms with E-state index in [1.165, 1.54) is 38.9 Å². The first-order valence-corrected chi connectivity index (χ1v) is 7.00. The monoisotopic (exact) mass is 239 g/mol. The molecule has 2 aliphatic rings. The number of primary amides is 1. The van der Waals surface area contributed by atoms with Crippen LogP contribution >= 0.6 is 0 Å². The minimum Gasteiger partial charge on any atom is -0.369 e.